The summed E-state index contributed by atoms with van der Waals surface area (Å²) in [6.07, 6.45) is 4.04. The fourth-order valence-corrected chi connectivity index (χ4v) is 2.38. The summed E-state index contributed by atoms with van der Waals surface area (Å²) in [6.45, 7) is 5.13. The van der Waals surface area contributed by atoms with E-state index in [1.807, 2.05) is 24.4 Å². The molecule has 0 bridgehead atoms. The van der Waals surface area contributed by atoms with Crippen LogP contribution in [0.5, 0.6) is 0 Å². The Morgan fingerprint density at radius 1 is 1.41 bits per heavy atom. The van der Waals surface area contributed by atoms with Crippen molar-refractivity contribution in [2.45, 2.75) is 32.7 Å². The van der Waals surface area contributed by atoms with Gasteiger partial charge in [-0.05, 0) is 43.5 Å². The van der Waals surface area contributed by atoms with Gasteiger partial charge in [-0.2, -0.15) is 0 Å². The third-order valence-corrected chi connectivity index (χ3v) is 3.87. The third kappa shape index (κ3) is 5.05. The van der Waals surface area contributed by atoms with Crippen LogP contribution in [0.3, 0.4) is 0 Å². The van der Waals surface area contributed by atoms with Gasteiger partial charge in [0.15, 0.2) is 5.96 Å². The van der Waals surface area contributed by atoms with Crippen molar-refractivity contribution in [1.29, 1.82) is 0 Å². The highest BCUT2D eigenvalue weighted by atomic mass is 127. The number of H-pyrrole nitrogens is 1. The Morgan fingerprint density at radius 2 is 2.18 bits per heavy atom. The van der Waals surface area contributed by atoms with Crippen molar-refractivity contribution in [2.75, 3.05) is 13.6 Å². The van der Waals surface area contributed by atoms with Gasteiger partial charge in [-0.25, -0.2) is 0 Å². The molecule has 1 heterocycles. The highest BCUT2D eigenvalue weighted by Gasteiger charge is 2.06. The molecule has 0 amide bonds. The molecule has 0 saturated heterocycles. The van der Waals surface area contributed by atoms with Crippen molar-refractivity contribution >= 4 is 52.4 Å². The molecule has 0 aliphatic rings. The lowest BCUT2D eigenvalue weighted by Crippen LogP contribution is -2.42. The molecule has 0 saturated carbocycles. The van der Waals surface area contributed by atoms with Crippen molar-refractivity contribution < 1.29 is 0 Å². The van der Waals surface area contributed by atoms with E-state index >= 15 is 0 Å². The quantitative estimate of drug-likeness (QED) is 0.379. The number of nitrogens with zero attached hydrogens (tertiary/aromatic N) is 1. The monoisotopic (exact) mass is 434 g/mol. The topological polar surface area (TPSA) is 52.2 Å². The lowest BCUT2D eigenvalue weighted by atomic mass is 10.1. The van der Waals surface area contributed by atoms with Crippen molar-refractivity contribution in [1.82, 2.24) is 15.6 Å². The molecule has 2 aromatic rings. The number of rotatable bonds is 5. The predicted octanol–water partition coefficient (Wildman–Crippen LogP) is 3.95. The number of benzene rings is 1. The average molecular weight is 435 g/mol. The van der Waals surface area contributed by atoms with Crippen molar-refractivity contribution in [3.63, 3.8) is 0 Å². The van der Waals surface area contributed by atoms with Crippen LogP contribution < -0.4 is 10.6 Å². The maximum absolute atomic E-state index is 6.07. The summed E-state index contributed by atoms with van der Waals surface area (Å²) >= 11 is 6.07. The Bertz CT molecular complexity index is 624. The fraction of sp³-hybridized carbons (Fsp3) is 0.438. The van der Waals surface area contributed by atoms with E-state index in [1.54, 1.807) is 7.05 Å². The Kier molecular flexibility index (Phi) is 8.03. The molecule has 0 fully saturated rings. The van der Waals surface area contributed by atoms with Gasteiger partial charge in [-0.1, -0.05) is 18.5 Å². The molecule has 1 unspecified atom stereocenters. The molecule has 3 N–H and O–H groups in total. The van der Waals surface area contributed by atoms with Crippen LogP contribution >= 0.6 is 35.6 Å². The molecule has 0 aliphatic carbocycles. The van der Waals surface area contributed by atoms with Gasteiger partial charge in [0.1, 0.15) is 0 Å². The Balaban J connectivity index is 0.00000242. The zero-order valence-corrected chi connectivity index (χ0v) is 16.3. The lowest BCUT2D eigenvalue weighted by Gasteiger charge is -2.16. The summed E-state index contributed by atoms with van der Waals surface area (Å²) < 4.78 is 0. The molecule has 2 rings (SSSR count). The minimum atomic E-state index is 0. The zero-order chi connectivity index (χ0) is 15.2. The smallest absolute Gasteiger partial charge is 0.191 e. The molecule has 1 atom stereocenters. The van der Waals surface area contributed by atoms with Crippen LogP contribution in [-0.2, 0) is 6.42 Å². The highest BCUT2D eigenvalue weighted by Crippen LogP contribution is 2.22. The zero-order valence-electron chi connectivity index (χ0n) is 13.2. The molecule has 0 radical (unpaired) electrons. The first-order valence-electron chi connectivity index (χ1n) is 7.36. The lowest BCUT2D eigenvalue weighted by molar-refractivity contribution is 0.624. The molecule has 4 nitrogen and oxygen atoms in total. The second-order valence-electron chi connectivity index (χ2n) is 5.21. The predicted molar refractivity (Wildman–Crippen MR) is 107 cm³/mol. The van der Waals surface area contributed by atoms with Gasteiger partial charge in [0.25, 0.3) is 0 Å². The van der Waals surface area contributed by atoms with E-state index in [4.69, 9.17) is 11.6 Å². The second-order valence-corrected chi connectivity index (χ2v) is 5.64. The SMILES string of the molecule is CCC(C)NC(=NC)NCCc1c[nH]c2ccc(Cl)cc12.I. The van der Waals surface area contributed by atoms with E-state index in [1.165, 1.54) is 10.9 Å². The van der Waals surface area contributed by atoms with Gasteiger partial charge in [-0.15, -0.1) is 24.0 Å². The Hall–Kier alpha value is -0.950. The van der Waals surface area contributed by atoms with Crippen LogP contribution in [0.25, 0.3) is 10.9 Å². The number of guanidine groups is 1. The van der Waals surface area contributed by atoms with Gasteiger partial charge in [0, 0.05) is 41.8 Å². The number of aromatic amines is 1. The standard InChI is InChI=1S/C16H23ClN4.HI/c1-4-11(2)21-16(18-3)19-8-7-12-10-20-15-6-5-13(17)9-14(12)15;/h5-6,9-11,20H,4,7-8H2,1-3H3,(H2,18,19,21);1H. The van der Waals surface area contributed by atoms with Crippen LogP contribution in [0.15, 0.2) is 29.4 Å². The maximum atomic E-state index is 6.07. The number of nitrogens with one attached hydrogen (secondary N) is 3. The molecular weight excluding hydrogens is 411 g/mol. The minimum absolute atomic E-state index is 0. The summed E-state index contributed by atoms with van der Waals surface area (Å²) in [4.78, 5) is 7.51. The largest absolute Gasteiger partial charge is 0.361 e. The summed E-state index contributed by atoms with van der Waals surface area (Å²) in [7, 11) is 1.79. The molecule has 22 heavy (non-hydrogen) atoms. The number of aromatic nitrogens is 1. The van der Waals surface area contributed by atoms with Crippen molar-refractivity contribution in [3.05, 3.63) is 35.0 Å². The second kappa shape index (κ2) is 9.25. The van der Waals surface area contributed by atoms with E-state index in [2.05, 4.69) is 34.5 Å². The molecule has 6 heteroatoms. The van der Waals surface area contributed by atoms with Crippen LogP contribution in [0.1, 0.15) is 25.8 Å². The molecule has 122 valence electrons. The fourth-order valence-electron chi connectivity index (χ4n) is 2.20. The first-order chi connectivity index (χ1) is 10.1. The van der Waals surface area contributed by atoms with Crippen molar-refractivity contribution in [3.8, 4) is 0 Å². The van der Waals surface area contributed by atoms with E-state index in [0.29, 0.717) is 6.04 Å². The summed E-state index contributed by atoms with van der Waals surface area (Å²) in [5.41, 5.74) is 2.38. The van der Waals surface area contributed by atoms with Gasteiger partial charge in [0.05, 0.1) is 0 Å². The normalized spacial score (nSPS) is 12.8. The van der Waals surface area contributed by atoms with E-state index < -0.39 is 0 Å². The molecular formula is C16H24ClIN4. The molecule has 0 spiro atoms. The first kappa shape index (κ1) is 19.1. The van der Waals surface area contributed by atoms with E-state index in [-0.39, 0.29) is 24.0 Å². The number of hydrogen-bond acceptors (Lipinski definition) is 1. The maximum Gasteiger partial charge on any atom is 0.191 e. The average Bonchev–Trinajstić information content (AvgIpc) is 2.88. The number of halogens is 2. The van der Waals surface area contributed by atoms with Gasteiger partial charge < -0.3 is 15.6 Å². The van der Waals surface area contributed by atoms with Crippen LogP contribution in [0.4, 0.5) is 0 Å². The Morgan fingerprint density at radius 3 is 2.86 bits per heavy atom. The van der Waals surface area contributed by atoms with Gasteiger partial charge >= 0.3 is 0 Å². The first-order valence-corrected chi connectivity index (χ1v) is 7.74. The van der Waals surface area contributed by atoms with Crippen LogP contribution in [-0.4, -0.2) is 30.6 Å². The van der Waals surface area contributed by atoms with Crippen LogP contribution in [0.2, 0.25) is 5.02 Å². The molecule has 0 aliphatic heterocycles. The summed E-state index contributed by atoms with van der Waals surface area (Å²) in [6, 6.07) is 6.34. The van der Waals surface area contributed by atoms with Crippen molar-refractivity contribution in [2.24, 2.45) is 4.99 Å². The van der Waals surface area contributed by atoms with E-state index in [0.717, 1.165) is 35.9 Å². The Labute approximate surface area is 154 Å². The molecule has 1 aromatic heterocycles. The van der Waals surface area contributed by atoms with Gasteiger partial charge in [0.2, 0.25) is 0 Å². The molecule has 1 aromatic carbocycles. The third-order valence-electron chi connectivity index (χ3n) is 3.64. The summed E-state index contributed by atoms with van der Waals surface area (Å²) in [5, 5.41) is 8.65. The minimum Gasteiger partial charge on any atom is -0.361 e. The number of aliphatic imine (C=N–C) groups is 1. The van der Waals surface area contributed by atoms with Gasteiger partial charge in [-0.3, -0.25) is 4.99 Å². The number of hydrogen-bond donors (Lipinski definition) is 3. The highest BCUT2D eigenvalue weighted by molar-refractivity contribution is 14.0. The summed E-state index contributed by atoms with van der Waals surface area (Å²) in [5.74, 6) is 0.849. The number of fused-ring (bicyclic) bond motifs is 1. The van der Waals surface area contributed by atoms with Crippen LogP contribution in [0, 0.1) is 0 Å². The van der Waals surface area contributed by atoms with E-state index in [9.17, 15) is 0 Å².